The quantitative estimate of drug-likeness (QED) is 0.802. The minimum atomic E-state index is -0.359. The van der Waals surface area contributed by atoms with E-state index in [0.29, 0.717) is 23.7 Å². The van der Waals surface area contributed by atoms with Crippen molar-refractivity contribution < 1.29 is 18.7 Å². The van der Waals surface area contributed by atoms with Gasteiger partial charge in [-0.05, 0) is 49.1 Å². The first kappa shape index (κ1) is 19.7. The predicted octanol–water partition coefficient (Wildman–Crippen LogP) is 2.65. The van der Waals surface area contributed by atoms with E-state index < -0.39 is 0 Å². The molecule has 1 aliphatic heterocycles. The Balaban J connectivity index is 1.56. The molecule has 0 saturated carbocycles. The summed E-state index contributed by atoms with van der Waals surface area (Å²) in [6.45, 7) is 2.35. The summed E-state index contributed by atoms with van der Waals surface area (Å²) in [5.74, 6) is -0.468. The summed E-state index contributed by atoms with van der Waals surface area (Å²) in [7, 11) is 1.53. The minimum absolute atomic E-state index is 0.00891. The van der Waals surface area contributed by atoms with Crippen molar-refractivity contribution in [2.75, 3.05) is 37.0 Å². The van der Waals surface area contributed by atoms with E-state index in [1.54, 1.807) is 23.1 Å². The van der Waals surface area contributed by atoms with Gasteiger partial charge in [-0.1, -0.05) is 18.2 Å². The lowest BCUT2D eigenvalue weighted by Gasteiger charge is -2.31. The maximum atomic E-state index is 14.2. The highest BCUT2D eigenvalue weighted by molar-refractivity contribution is 5.96. The van der Waals surface area contributed by atoms with Gasteiger partial charge in [-0.3, -0.25) is 9.59 Å². The van der Waals surface area contributed by atoms with Crippen molar-refractivity contribution in [2.45, 2.75) is 19.8 Å². The molecule has 7 heteroatoms. The van der Waals surface area contributed by atoms with Crippen molar-refractivity contribution in [1.29, 1.82) is 0 Å². The largest absolute Gasteiger partial charge is 0.495 e. The molecule has 2 aromatic rings. The van der Waals surface area contributed by atoms with Crippen LogP contribution in [0.3, 0.4) is 0 Å². The van der Waals surface area contributed by atoms with Crippen LogP contribution in [-0.4, -0.2) is 38.6 Å². The van der Waals surface area contributed by atoms with E-state index in [2.05, 4.69) is 10.6 Å². The van der Waals surface area contributed by atoms with E-state index in [0.717, 1.165) is 24.0 Å². The molecule has 1 heterocycles. The summed E-state index contributed by atoms with van der Waals surface area (Å²) in [6.07, 6.45) is 1.66. The van der Waals surface area contributed by atoms with E-state index >= 15 is 0 Å². The fourth-order valence-electron chi connectivity index (χ4n) is 3.37. The number of aryl methyl sites for hydroxylation is 2. The molecule has 1 aliphatic rings. The average Bonchev–Trinajstić information content (AvgIpc) is 2.67. The fraction of sp³-hybridized carbons (Fsp3) is 0.333. The van der Waals surface area contributed by atoms with Gasteiger partial charge in [0.05, 0.1) is 31.6 Å². The van der Waals surface area contributed by atoms with Gasteiger partial charge in [0.25, 0.3) is 0 Å². The summed E-state index contributed by atoms with van der Waals surface area (Å²) in [5, 5.41) is 5.33. The van der Waals surface area contributed by atoms with E-state index in [-0.39, 0.29) is 30.7 Å². The number of nitrogens with zero attached hydrogens (tertiary/aromatic N) is 1. The zero-order chi connectivity index (χ0) is 20.1. The first-order valence-corrected chi connectivity index (χ1v) is 9.21. The molecule has 0 saturated heterocycles. The van der Waals surface area contributed by atoms with E-state index in [4.69, 9.17) is 4.74 Å². The number of benzene rings is 2. The number of methoxy groups -OCH3 is 1. The van der Waals surface area contributed by atoms with Gasteiger partial charge in [-0.15, -0.1) is 0 Å². The van der Waals surface area contributed by atoms with Crippen molar-refractivity contribution in [3.05, 3.63) is 53.3 Å². The number of nitrogens with one attached hydrogen (secondary N) is 2. The molecule has 0 spiro atoms. The standard InChI is InChI=1S/C21H24FN3O3/c1-14-8-9-18(28-2)17(11-14)24-19(26)12-23-20(27)13-25-10-4-6-15-5-3-7-16(22)21(15)25/h3,5,7-9,11H,4,6,10,12-13H2,1-2H3,(H,23,27)(H,24,26). The second-order valence-electron chi connectivity index (χ2n) is 6.80. The van der Waals surface area contributed by atoms with Gasteiger partial charge < -0.3 is 20.3 Å². The molecule has 0 aliphatic carbocycles. The van der Waals surface area contributed by atoms with Gasteiger partial charge >= 0.3 is 0 Å². The number of amides is 2. The van der Waals surface area contributed by atoms with Crippen LogP contribution in [-0.2, 0) is 16.0 Å². The van der Waals surface area contributed by atoms with Crippen LogP contribution in [0.2, 0.25) is 0 Å². The Labute approximate surface area is 163 Å². The van der Waals surface area contributed by atoms with Crippen LogP contribution in [0, 0.1) is 12.7 Å². The molecule has 2 amide bonds. The van der Waals surface area contributed by atoms with Crippen LogP contribution in [0.1, 0.15) is 17.5 Å². The third-order valence-corrected chi connectivity index (χ3v) is 4.67. The van der Waals surface area contributed by atoms with E-state index in [1.807, 2.05) is 19.1 Å². The number of hydrogen-bond acceptors (Lipinski definition) is 4. The first-order valence-electron chi connectivity index (χ1n) is 9.21. The van der Waals surface area contributed by atoms with Crippen molar-refractivity contribution in [3.63, 3.8) is 0 Å². The van der Waals surface area contributed by atoms with Crippen LogP contribution in [0.5, 0.6) is 5.75 Å². The number of para-hydroxylation sites is 1. The lowest BCUT2D eigenvalue weighted by atomic mass is 10.0. The van der Waals surface area contributed by atoms with Gasteiger partial charge in [0, 0.05) is 6.54 Å². The number of fused-ring (bicyclic) bond motifs is 1. The van der Waals surface area contributed by atoms with Gasteiger partial charge in [0.2, 0.25) is 11.8 Å². The topological polar surface area (TPSA) is 70.7 Å². The summed E-state index contributed by atoms with van der Waals surface area (Å²) in [6, 6.07) is 10.4. The third-order valence-electron chi connectivity index (χ3n) is 4.67. The van der Waals surface area contributed by atoms with Crippen LogP contribution in [0.4, 0.5) is 15.8 Å². The molecule has 0 atom stereocenters. The molecule has 2 aromatic carbocycles. The molecule has 3 rings (SSSR count). The van der Waals surface area contributed by atoms with Crippen molar-refractivity contribution in [1.82, 2.24) is 5.32 Å². The molecular weight excluding hydrogens is 361 g/mol. The normalized spacial score (nSPS) is 12.9. The number of halogens is 1. The summed E-state index contributed by atoms with van der Waals surface area (Å²) in [4.78, 5) is 26.2. The zero-order valence-electron chi connectivity index (χ0n) is 16.0. The highest BCUT2D eigenvalue weighted by Crippen LogP contribution is 2.29. The van der Waals surface area contributed by atoms with Crippen molar-refractivity contribution >= 4 is 23.2 Å². The molecule has 0 bridgehead atoms. The lowest BCUT2D eigenvalue weighted by Crippen LogP contribution is -2.42. The molecule has 6 nitrogen and oxygen atoms in total. The SMILES string of the molecule is COc1ccc(C)cc1NC(=O)CNC(=O)CN1CCCc2cccc(F)c21. The van der Waals surface area contributed by atoms with E-state index in [1.165, 1.54) is 13.2 Å². The summed E-state index contributed by atoms with van der Waals surface area (Å²) < 4.78 is 19.4. The Bertz CT molecular complexity index is 885. The average molecular weight is 385 g/mol. The monoisotopic (exact) mass is 385 g/mol. The minimum Gasteiger partial charge on any atom is -0.495 e. The molecule has 2 N–H and O–H groups in total. The van der Waals surface area contributed by atoms with Crippen molar-refractivity contribution in [2.24, 2.45) is 0 Å². The molecular formula is C21H24FN3O3. The second-order valence-corrected chi connectivity index (χ2v) is 6.80. The van der Waals surface area contributed by atoms with Gasteiger partial charge in [0.1, 0.15) is 11.6 Å². The van der Waals surface area contributed by atoms with Gasteiger partial charge in [-0.2, -0.15) is 0 Å². The van der Waals surface area contributed by atoms with Crippen LogP contribution in [0.15, 0.2) is 36.4 Å². The van der Waals surface area contributed by atoms with E-state index in [9.17, 15) is 14.0 Å². The Kier molecular flexibility index (Phi) is 6.13. The predicted molar refractivity (Wildman–Crippen MR) is 106 cm³/mol. The molecule has 0 radical (unpaired) electrons. The zero-order valence-corrected chi connectivity index (χ0v) is 16.0. The third kappa shape index (κ3) is 4.60. The van der Waals surface area contributed by atoms with Crippen LogP contribution < -0.4 is 20.3 Å². The van der Waals surface area contributed by atoms with Gasteiger partial charge in [-0.25, -0.2) is 4.39 Å². The fourth-order valence-corrected chi connectivity index (χ4v) is 3.37. The Morgan fingerprint density at radius 3 is 2.82 bits per heavy atom. The number of rotatable bonds is 6. The second kappa shape index (κ2) is 8.73. The highest BCUT2D eigenvalue weighted by Gasteiger charge is 2.22. The molecule has 148 valence electrons. The maximum Gasteiger partial charge on any atom is 0.243 e. The van der Waals surface area contributed by atoms with Crippen molar-refractivity contribution in [3.8, 4) is 5.75 Å². The van der Waals surface area contributed by atoms with Crippen LogP contribution >= 0.6 is 0 Å². The smallest absolute Gasteiger partial charge is 0.243 e. The summed E-state index contributed by atoms with van der Waals surface area (Å²) >= 11 is 0. The lowest BCUT2D eigenvalue weighted by molar-refractivity contribution is -0.123. The van der Waals surface area contributed by atoms with Crippen LogP contribution in [0.25, 0.3) is 0 Å². The number of ether oxygens (including phenoxy) is 1. The Morgan fingerprint density at radius 2 is 2.04 bits per heavy atom. The number of carbonyl (C=O) groups excluding carboxylic acids is 2. The number of hydrogen-bond donors (Lipinski definition) is 2. The summed E-state index contributed by atoms with van der Waals surface area (Å²) in [5.41, 5.74) is 2.92. The molecule has 0 unspecified atom stereocenters. The highest BCUT2D eigenvalue weighted by atomic mass is 19.1. The molecule has 28 heavy (non-hydrogen) atoms. The molecule has 0 aromatic heterocycles. The molecule has 0 fully saturated rings. The van der Waals surface area contributed by atoms with Gasteiger partial charge in [0.15, 0.2) is 0 Å². The Hall–Kier alpha value is -3.09. The number of anilines is 2. The first-order chi connectivity index (χ1) is 13.5. The number of carbonyl (C=O) groups is 2. The Morgan fingerprint density at radius 1 is 1.21 bits per heavy atom. The maximum absolute atomic E-state index is 14.2.